The van der Waals surface area contributed by atoms with E-state index in [0.29, 0.717) is 12.0 Å². The second-order valence-corrected chi connectivity index (χ2v) is 6.27. The molecule has 1 aromatic carbocycles. The van der Waals surface area contributed by atoms with Crippen LogP contribution in [0.15, 0.2) is 30.6 Å². The first kappa shape index (κ1) is 13.2. The predicted molar refractivity (Wildman–Crippen MR) is 85.7 cm³/mol. The highest BCUT2D eigenvalue weighted by Gasteiger charge is 2.25. The van der Waals surface area contributed by atoms with Crippen molar-refractivity contribution in [1.82, 2.24) is 4.98 Å². The van der Waals surface area contributed by atoms with Gasteiger partial charge >= 0.3 is 0 Å². The number of nitrogen functional groups attached to an aromatic ring is 1. The molecule has 0 bridgehead atoms. The van der Waals surface area contributed by atoms with Crippen molar-refractivity contribution in [2.45, 2.75) is 39.2 Å². The molecule has 3 rings (SSSR count). The van der Waals surface area contributed by atoms with Gasteiger partial charge in [0.05, 0.1) is 11.4 Å². The Balaban J connectivity index is 1.86. The van der Waals surface area contributed by atoms with Crippen LogP contribution in [0.3, 0.4) is 0 Å². The van der Waals surface area contributed by atoms with Gasteiger partial charge in [0, 0.05) is 29.2 Å². The molecule has 0 saturated heterocycles. The molecule has 20 heavy (non-hydrogen) atoms. The van der Waals surface area contributed by atoms with Crippen LogP contribution in [0.5, 0.6) is 0 Å². The summed E-state index contributed by atoms with van der Waals surface area (Å²) in [6.45, 7) is 4.69. The molecule has 0 aliphatic heterocycles. The van der Waals surface area contributed by atoms with Gasteiger partial charge in [0.15, 0.2) is 0 Å². The first-order valence-corrected chi connectivity index (χ1v) is 7.54. The Morgan fingerprint density at radius 1 is 1.20 bits per heavy atom. The molecule has 106 valence electrons. The molecule has 3 atom stereocenters. The summed E-state index contributed by atoms with van der Waals surface area (Å²) >= 11 is 0. The highest BCUT2D eigenvalue weighted by molar-refractivity contribution is 5.98. The van der Waals surface area contributed by atoms with Crippen LogP contribution in [-0.4, -0.2) is 11.0 Å². The lowest BCUT2D eigenvalue weighted by molar-refractivity contribution is 0.276. The smallest absolute Gasteiger partial charge is 0.0630 e. The summed E-state index contributed by atoms with van der Waals surface area (Å²) in [7, 11) is 0. The maximum atomic E-state index is 6.32. The van der Waals surface area contributed by atoms with Crippen molar-refractivity contribution >= 4 is 22.1 Å². The third kappa shape index (κ3) is 2.45. The van der Waals surface area contributed by atoms with E-state index in [4.69, 9.17) is 5.73 Å². The number of pyridine rings is 1. The number of aromatic nitrogens is 1. The maximum Gasteiger partial charge on any atom is 0.0630 e. The summed E-state index contributed by atoms with van der Waals surface area (Å²) in [6.07, 6.45) is 7.50. The second-order valence-electron chi connectivity index (χ2n) is 6.27. The molecule has 3 unspecified atom stereocenters. The lowest BCUT2D eigenvalue weighted by Gasteiger charge is -2.34. The van der Waals surface area contributed by atoms with Gasteiger partial charge in [-0.15, -0.1) is 0 Å². The summed E-state index contributed by atoms with van der Waals surface area (Å²) in [5, 5.41) is 5.85. The number of hydrogen-bond acceptors (Lipinski definition) is 3. The lowest BCUT2D eigenvalue weighted by atomic mass is 9.80. The lowest BCUT2D eigenvalue weighted by Crippen LogP contribution is -2.33. The summed E-state index contributed by atoms with van der Waals surface area (Å²) in [6, 6.07) is 6.71. The SMILES string of the molecule is CC1CCC(Nc2ccc3cnccc3c2N)C(C)C1. The first-order valence-electron chi connectivity index (χ1n) is 7.54. The molecule has 1 fully saturated rings. The molecule has 3 N–H and O–H groups in total. The fraction of sp³-hybridized carbons (Fsp3) is 0.471. The number of hydrogen-bond donors (Lipinski definition) is 2. The van der Waals surface area contributed by atoms with E-state index in [1.165, 1.54) is 19.3 Å². The van der Waals surface area contributed by atoms with Gasteiger partial charge in [-0.25, -0.2) is 0 Å². The van der Waals surface area contributed by atoms with Crippen molar-refractivity contribution in [3.8, 4) is 0 Å². The largest absolute Gasteiger partial charge is 0.397 e. The van der Waals surface area contributed by atoms with Gasteiger partial charge in [0.1, 0.15) is 0 Å². The topological polar surface area (TPSA) is 50.9 Å². The second kappa shape index (κ2) is 5.31. The van der Waals surface area contributed by atoms with E-state index in [9.17, 15) is 0 Å². The van der Waals surface area contributed by atoms with Gasteiger partial charge < -0.3 is 11.1 Å². The molecule has 2 aromatic rings. The standard InChI is InChI=1S/C17H23N3/c1-11-3-5-15(12(2)9-11)20-16-6-4-13-10-19-8-7-14(13)17(16)18/h4,6-8,10-12,15,20H,3,5,9,18H2,1-2H3. The van der Waals surface area contributed by atoms with Crippen molar-refractivity contribution in [3.05, 3.63) is 30.6 Å². The number of anilines is 2. The van der Waals surface area contributed by atoms with Crippen LogP contribution < -0.4 is 11.1 Å². The molecule has 1 aliphatic rings. The molecule has 1 aromatic heterocycles. The highest BCUT2D eigenvalue weighted by Crippen LogP contribution is 2.34. The van der Waals surface area contributed by atoms with E-state index in [1.807, 2.05) is 12.3 Å². The van der Waals surface area contributed by atoms with E-state index in [-0.39, 0.29) is 0 Å². The van der Waals surface area contributed by atoms with Crippen LogP contribution >= 0.6 is 0 Å². The molecule has 0 spiro atoms. The minimum atomic E-state index is 0.535. The Bertz CT molecular complexity index is 608. The Morgan fingerprint density at radius 2 is 2.05 bits per heavy atom. The molecule has 0 amide bonds. The summed E-state index contributed by atoms with van der Waals surface area (Å²) in [5.41, 5.74) is 8.23. The van der Waals surface area contributed by atoms with Gasteiger partial charge in [-0.05, 0) is 43.2 Å². The number of fused-ring (bicyclic) bond motifs is 1. The first-order chi connectivity index (χ1) is 9.65. The van der Waals surface area contributed by atoms with Crippen molar-refractivity contribution in [2.24, 2.45) is 11.8 Å². The number of benzene rings is 1. The monoisotopic (exact) mass is 269 g/mol. The van der Waals surface area contributed by atoms with E-state index < -0.39 is 0 Å². The summed E-state index contributed by atoms with van der Waals surface area (Å²) in [4.78, 5) is 4.14. The molecule has 0 radical (unpaired) electrons. The molecular weight excluding hydrogens is 246 g/mol. The molecule has 3 nitrogen and oxygen atoms in total. The average molecular weight is 269 g/mol. The van der Waals surface area contributed by atoms with E-state index in [2.05, 4.69) is 36.3 Å². The third-order valence-electron chi connectivity index (χ3n) is 4.63. The van der Waals surface area contributed by atoms with Crippen LogP contribution in [0.4, 0.5) is 11.4 Å². The third-order valence-corrected chi connectivity index (χ3v) is 4.63. The zero-order chi connectivity index (χ0) is 14.1. The average Bonchev–Trinajstić information content (AvgIpc) is 2.45. The van der Waals surface area contributed by atoms with E-state index >= 15 is 0 Å². The van der Waals surface area contributed by atoms with Crippen molar-refractivity contribution in [2.75, 3.05) is 11.1 Å². The van der Waals surface area contributed by atoms with Crippen LogP contribution in [0.1, 0.15) is 33.1 Å². The Labute approximate surface area is 120 Å². The van der Waals surface area contributed by atoms with Crippen LogP contribution in [0.2, 0.25) is 0 Å². The number of nitrogens with zero attached hydrogens (tertiary/aromatic N) is 1. The fourth-order valence-corrected chi connectivity index (χ4v) is 3.40. The minimum Gasteiger partial charge on any atom is -0.397 e. The number of rotatable bonds is 2. The van der Waals surface area contributed by atoms with Crippen molar-refractivity contribution in [1.29, 1.82) is 0 Å². The maximum absolute atomic E-state index is 6.32. The van der Waals surface area contributed by atoms with Gasteiger partial charge in [-0.2, -0.15) is 0 Å². The number of nitrogens with one attached hydrogen (secondary N) is 1. The highest BCUT2D eigenvalue weighted by atomic mass is 14.9. The minimum absolute atomic E-state index is 0.535. The van der Waals surface area contributed by atoms with Crippen LogP contribution in [0.25, 0.3) is 10.8 Å². The molecule has 1 aliphatic carbocycles. The Morgan fingerprint density at radius 3 is 2.85 bits per heavy atom. The van der Waals surface area contributed by atoms with E-state index in [1.54, 1.807) is 6.20 Å². The number of nitrogens with two attached hydrogens (primary N) is 1. The van der Waals surface area contributed by atoms with E-state index in [0.717, 1.165) is 28.1 Å². The Kier molecular flexibility index (Phi) is 3.51. The quantitative estimate of drug-likeness (QED) is 0.808. The van der Waals surface area contributed by atoms with Gasteiger partial charge in [-0.3, -0.25) is 4.98 Å². The molecule has 1 heterocycles. The van der Waals surface area contributed by atoms with Crippen LogP contribution in [-0.2, 0) is 0 Å². The molecule has 3 heteroatoms. The molecule has 1 saturated carbocycles. The summed E-state index contributed by atoms with van der Waals surface area (Å²) < 4.78 is 0. The zero-order valence-corrected chi connectivity index (χ0v) is 12.3. The van der Waals surface area contributed by atoms with Gasteiger partial charge in [0.25, 0.3) is 0 Å². The van der Waals surface area contributed by atoms with Gasteiger partial charge in [-0.1, -0.05) is 19.9 Å². The predicted octanol–water partition coefficient (Wildman–Crippen LogP) is 4.05. The van der Waals surface area contributed by atoms with Crippen molar-refractivity contribution in [3.63, 3.8) is 0 Å². The van der Waals surface area contributed by atoms with Gasteiger partial charge in [0.2, 0.25) is 0 Å². The summed E-state index contributed by atoms with van der Waals surface area (Å²) in [5.74, 6) is 1.55. The normalized spacial score (nSPS) is 26.6. The zero-order valence-electron chi connectivity index (χ0n) is 12.3. The Hall–Kier alpha value is -1.77. The fourth-order valence-electron chi connectivity index (χ4n) is 3.40. The van der Waals surface area contributed by atoms with Crippen molar-refractivity contribution < 1.29 is 0 Å². The molecular formula is C17H23N3. The van der Waals surface area contributed by atoms with Crippen LogP contribution in [0, 0.1) is 11.8 Å².